The lowest BCUT2D eigenvalue weighted by Crippen LogP contribution is -2.25. The number of hydrogen-bond donors (Lipinski definition) is 0. The molecule has 0 atom stereocenters. The number of hydrogen-bond acceptors (Lipinski definition) is 0. The third-order valence-electron chi connectivity index (χ3n) is 8.16. The minimum absolute atomic E-state index is 0.437. The molecule has 0 bridgehead atoms. The van der Waals surface area contributed by atoms with Crippen molar-refractivity contribution in [1.82, 2.24) is 0 Å². The summed E-state index contributed by atoms with van der Waals surface area (Å²) in [5.74, 6) is 0. The third-order valence-corrected chi connectivity index (χ3v) is 8.16. The maximum atomic E-state index is 11.9. The molecule has 0 aliphatic carbocycles. The van der Waals surface area contributed by atoms with Crippen LogP contribution >= 0.6 is 0 Å². The van der Waals surface area contributed by atoms with Crippen molar-refractivity contribution in [3.8, 4) is 0 Å². The molecule has 48 heavy (non-hydrogen) atoms. The Hall–Kier alpha value is -4.11. The Morgan fingerprint density at radius 1 is 0.354 bits per heavy atom. The van der Waals surface area contributed by atoms with Gasteiger partial charge in [-0.1, -0.05) is 191 Å². The van der Waals surface area contributed by atoms with Crippen LogP contribution in [0.15, 0.2) is 133 Å². The highest BCUT2D eigenvalue weighted by molar-refractivity contribution is 5.30. The molecule has 258 valence electrons. The van der Waals surface area contributed by atoms with E-state index in [1.807, 2.05) is 36.4 Å². The molecule has 0 radical (unpaired) electrons. The van der Waals surface area contributed by atoms with Crippen molar-refractivity contribution in [2.75, 3.05) is 0 Å². The minimum Gasteiger partial charge on any atom is -0.166 e. The molecule has 0 fully saturated rings. The highest BCUT2D eigenvalue weighted by Crippen LogP contribution is 2.36. The number of alkyl halides is 3. The van der Waals surface area contributed by atoms with E-state index in [9.17, 15) is 13.2 Å². The van der Waals surface area contributed by atoms with E-state index in [0.717, 1.165) is 24.1 Å². The third kappa shape index (κ3) is 18.9. The molecular formula is C45H57F3. The molecule has 0 unspecified atom stereocenters. The van der Waals surface area contributed by atoms with Crippen molar-refractivity contribution in [3.05, 3.63) is 178 Å². The molecule has 5 aromatic carbocycles. The summed E-state index contributed by atoms with van der Waals surface area (Å²) < 4.78 is 35.8. The second-order valence-corrected chi connectivity index (χ2v) is 14.3. The molecule has 0 N–H and O–H groups in total. The van der Waals surface area contributed by atoms with Gasteiger partial charge < -0.3 is 0 Å². The normalized spacial score (nSPS) is 10.8. The Kier molecular flexibility index (Phi) is 17.7. The fraction of sp³-hybridized carbons (Fsp3) is 0.333. The second-order valence-electron chi connectivity index (χ2n) is 14.3. The number of aryl methyl sites for hydroxylation is 5. The number of benzene rings is 5. The van der Waals surface area contributed by atoms with E-state index in [-0.39, 0.29) is 0 Å². The van der Waals surface area contributed by atoms with E-state index in [1.54, 1.807) is 6.92 Å². The molecule has 0 amide bonds. The van der Waals surface area contributed by atoms with Gasteiger partial charge >= 0.3 is 6.18 Å². The average Bonchev–Trinajstić information content (AvgIpc) is 3.00. The lowest BCUT2D eigenvalue weighted by Gasteiger charge is -2.34. The quantitative estimate of drug-likeness (QED) is 0.178. The number of rotatable bonds is 2. The summed E-state index contributed by atoms with van der Waals surface area (Å²) in [6, 6.07) is 43.1. The molecule has 0 saturated carbocycles. The lowest BCUT2D eigenvalue weighted by molar-refractivity contribution is -0.137. The summed E-state index contributed by atoms with van der Waals surface area (Å²) >= 11 is 0. The molecule has 0 aliphatic rings. The summed E-state index contributed by atoms with van der Waals surface area (Å²) in [4.78, 5) is 0. The molecule has 0 spiro atoms. The Bertz CT molecular complexity index is 1420. The van der Waals surface area contributed by atoms with Crippen LogP contribution in [0.4, 0.5) is 13.2 Å². The van der Waals surface area contributed by atoms with Gasteiger partial charge in [0, 0.05) is 0 Å². The van der Waals surface area contributed by atoms with E-state index in [0.29, 0.717) is 10.8 Å². The lowest BCUT2D eigenvalue weighted by atomic mass is 9.71. The largest absolute Gasteiger partial charge is 0.416 e. The van der Waals surface area contributed by atoms with Gasteiger partial charge in [-0.05, 0) is 75.1 Å². The monoisotopic (exact) mass is 654 g/mol. The van der Waals surface area contributed by atoms with E-state index in [1.165, 1.54) is 45.5 Å². The minimum atomic E-state index is -4.21. The Morgan fingerprint density at radius 2 is 0.604 bits per heavy atom. The van der Waals surface area contributed by atoms with Gasteiger partial charge in [0.15, 0.2) is 0 Å². The summed E-state index contributed by atoms with van der Waals surface area (Å²) in [5, 5.41) is 0. The molecule has 0 aliphatic heterocycles. The topological polar surface area (TPSA) is 0 Å². The fourth-order valence-electron chi connectivity index (χ4n) is 3.46. The maximum absolute atomic E-state index is 11.9. The zero-order valence-electron chi connectivity index (χ0n) is 31.0. The van der Waals surface area contributed by atoms with Crippen LogP contribution in [-0.4, -0.2) is 0 Å². The predicted octanol–water partition coefficient (Wildman–Crippen LogP) is 14.0. The molecular weight excluding hydrogens is 597 g/mol. The zero-order valence-corrected chi connectivity index (χ0v) is 31.0. The Labute approximate surface area is 290 Å². The summed E-state index contributed by atoms with van der Waals surface area (Å²) in [6.45, 7) is 23.8. The maximum Gasteiger partial charge on any atom is 0.416 e. The van der Waals surface area contributed by atoms with Crippen molar-refractivity contribution >= 4 is 0 Å². The fourth-order valence-corrected chi connectivity index (χ4v) is 3.46. The molecule has 0 nitrogen and oxygen atoms in total. The van der Waals surface area contributed by atoms with Crippen LogP contribution in [0, 0.1) is 45.4 Å². The molecule has 5 rings (SSSR count). The first-order valence-corrected chi connectivity index (χ1v) is 16.6. The molecule has 3 heteroatoms. The van der Waals surface area contributed by atoms with Crippen molar-refractivity contribution in [2.24, 2.45) is 10.8 Å². The van der Waals surface area contributed by atoms with Crippen molar-refractivity contribution in [3.63, 3.8) is 0 Å². The van der Waals surface area contributed by atoms with Crippen molar-refractivity contribution < 1.29 is 13.2 Å². The first kappa shape index (κ1) is 41.9. The zero-order chi connectivity index (χ0) is 36.4. The molecule has 5 aromatic rings. The highest BCUT2D eigenvalue weighted by Gasteiger charge is 2.29. The van der Waals surface area contributed by atoms with Crippen LogP contribution in [0.3, 0.4) is 0 Å². The molecule has 0 aromatic heterocycles. The van der Waals surface area contributed by atoms with Gasteiger partial charge in [0.2, 0.25) is 0 Å². The van der Waals surface area contributed by atoms with Crippen LogP contribution in [0.2, 0.25) is 0 Å². The summed E-state index contributed by atoms with van der Waals surface area (Å²) in [5.41, 5.74) is 9.16. The van der Waals surface area contributed by atoms with E-state index in [4.69, 9.17) is 0 Å². The van der Waals surface area contributed by atoms with Gasteiger partial charge in [-0.25, -0.2) is 0 Å². The van der Waals surface area contributed by atoms with Crippen molar-refractivity contribution in [1.29, 1.82) is 0 Å². The van der Waals surface area contributed by atoms with Gasteiger partial charge in [-0.2, -0.15) is 13.2 Å². The smallest absolute Gasteiger partial charge is 0.166 e. The van der Waals surface area contributed by atoms with Gasteiger partial charge in [0.25, 0.3) is 0 Å². The SMILES string of the molecule is CC(C)(C)C(C)(C)C.Cc1ccc(C(F)(F)F)cc1.Cc1ccc(Cc2ccc(C)cc2)cc1.Cc1ccccc1.Cc1ccccc1. The van der Waals surface area contributed by atoms with Crippen LogP contribution in [-0.2, 0) is 12.6 Å². The predicted molar refractivity (Wildman–Crippen MR) is 203 cm³/mol. The first-order valence-electron chi connectivity index (χ1n) is 16.6. The van der Waals surface area contributed by atoms with Gasteiger partial charge in [-0.3, -0.25) is 0 Å². The van der Waals surface area contributed by atoms with E-state index in [2.05, 4.69) is 142 Å². The van der Waals surface area contributed by atoms with Gasteiger partial charge in [0.1, 0.15) is 0 Å². The Balaban J connectivity index is 0.000000312. The van der Waals surface area contributed by atoms with Crippen LogP contribution in [0.25, 0.3) is 0 Å². The Morgan fingerprint density at radius 3 is 0.812 bits per heavy atom. The van der Waals surface area contributed by atoms with E-state index >= 15 is 0 Å². The van der Waals surface area contributed by atoms with Crippen LogP contribution in [0.5, 0.6) is 0 Å². The van der Waals surface area contributed by atoms with Gasteiger partial charge in [-0.15, -0.1) is 0 Å². The number of halogens is 3. The summed E-state index contributed by atoms with van der Waals surface area (Å²) in [6.07, 6.45) is -3.19. The standard InChI is InChI=1S/C15H16.C8H7F3.C8H18.2C7H8/c1-12-3-7-14(8-4-12)11-15-9-5-13(2)6-10-15;1-6-2-4-7(5-3-6)8(9,10)11;1-7(2,3)8(4,5)6;2*1-7-5-3-2-4-6-7/h3-10H,11H2,1-2H3;2-5H,1H3;1-6H3;2*2-6H,1H3. The van der Waals surface area contributed by atoms with Crippen LogP contribution < -0.4 is 0 Å². The highest BCUT2D eigenvalue weighted by atomic mass is 19.4. The van der Waals surface area contributed by atoms with Gasteiger partial charge in [0.05, 0.1) is 5.56 Å². The molecule has 0 heterocycles. The molecule has 0 saturated heterocycles. The average molecular weight is 655 g/mol. The van der Waals surface area contributed by atoms with Crippen LogP contribution in [0.1, 0.15) is 86.1 Å². The first-order chi connectivity index (χ1) is 22.3. The van der Waals surface area contributed by atoms with Crippen molar-refractivity contribution in [2.45, 2.75) is 88.8 Å². The summed E-state index contributed by atoms with van der Waals surface area (Å²) in [7, 11) is 0. The second kappa shape index (κ2) is 20.3. The van der Waals surface area contributed by atoms with E-state index < -0.39 is 11.7 Å².